The first-order valence-corrected chi connectivity index (χ1v) is 9.95. The number of rotatable bonds is 11. The van der Waals surface area contributed by atoms with Gasteiger partial charge in [0.1, 0.15) is 12.4 Å². The largest absolute Gasteiger partial charge is 0.496 e. The lowest BCUT2D eigenvalue weighted by Crippen LogP contribution is -2.26. The Labute approximate surface area is 173 Å². The van der Waals surface area contributed by atoms with Gasteiger partial charge in [0.05, 0.1) is 18.4 Å². The maximum absolute atomic E-state index is 11.9. The number of hydrogen-bond donors (Lipinski definition) is 1. The van der Waals surface area contributed by atoms with Crippen LogP contribution in [0.4, 0.5) is 0 Å². The minimum absolute atomic E-state index is 0.000669. The van der Waals surface area contributed by atoms with Crippen molar-refractivity contribution in [2.45, 2.75) is 32.8 Å². The molecule has 1 aromatic heterocycles. The summed E-state index contributed by atoms with van der Waals surface area (Å²) in [6.45, 7) is 1.54. The summed E-state index contributed by atoms with van der Waals surface area (Å²) in [5, 5.41) is 4.41. The predicted octanol–water partition coefficient (Wildman–Crippen LogP) is 3.17. The van der Waals surface area contributed by atoms with E-state index in [9.17, 15) is 19.2 Å². The SMILES string of the molecule is COc1ccc(C(C)=O)cc1COC(=O)CCNC(=O)CCC(=O)c1cccs1. The van der Waals surface area contributed by atoms with Crippen LogP contribution < -0.4 is 10.1 Å². The number of hydrogen-bond acceptors (Lipinski definition) is 7. The number of ketones is 2. The first-order chi connectivity index (χ1) is 13.9. The zero-order valence-electron chi connectivity index (χ0n) is 16.4. The molecule has 0 saturated heterocycles. The van der Waals surface area contributed by atoms with Crippen molar-refractivity contribution >= 4 is 34.8 Å². The fourth-order valence-electron chi connectivity index (χ4n) is 2.52. The Morgan fingerprint density at radius 3 is 2.52 bits per heavy atom. The second-order valence-corrected chi connectivity index (χ2v) is 7.19. The number of esters is 1. The average molecular weight is 417 g/mol. The molecule has 154 valence electrons. The molecule has 1 amide bonds. The topological polar surface area (TPSA) is 98.8 Å². The predicted molar refractivity (Wildman–Crippen MR) is 108 cm³/mol. The van der Waals surface area contributed by atoms with Gasteiger partial charge in [-0.15, -0.1) is 11.3 Å². The number of nitrogens with one attached hydrogen (secondary N) is 1. The fraction of sp³-hybridized carbons (Fsp3) is 0.333. The van der Waals surface area contributed by atoms with Gasteiger partial charge in [0.15, 0.2) is 11.6 Å². The van der Waals surface area contributed by atoms with Gasteiger partial charge >= 0.3 is 5.97 Å². The first kappa shape index (κ1) is 22.3. The maximum atomic E-state index is 11.9. The Morgan fingerprint density at radius 2 is 1.86 bits per heavy atom. The highest BCUT2D eigenvalue weighted by Crippen LogP contribution is 2.21. The molecular weight excluding hydrogens is 394 g/mol. The van der Waals surface area contributed by atoms with Crippen LogP contribution in [0.3, 0.4) is 0 Å². The normalized spacial score (nSPS) is 10.3. The van der Waals surface area contributed by atoms with Crippen molar-refractivity contribution in [1.82, 2.24) is 5.32 Å². The zero-order valence-corrected chi connectivity index (χ0v) is 17.2. The summed E-state index contributed by atoms with van der Waals surface area (Å²) in [5.41, 5.74) is 1.09. The van der Waals surface area contributed by atoms with Gasteiger partial charge in [-0.25, -0.2) is 0 Å². The molecule has 0 fully saturated rings. The van der Waals surface area contributed by atoms with Gasteiger partial charge in [-0.2, -0.15) is 0 Å². The van der Waals surface area contributed by atoms with Crippen LogP contribution in [-0.4, -0.2) is 37.1 Å². The quantitative estimate of drug-likeness (QED) is 0.445. The molecule has 2 rings (SSSR count). The van der Waals surface area contributed by atoms with Crippen LogP contribution in [0.1, 0.15) is 51.8 Å². The second-order valence-electron chi connectivity index (χ2n) is 6.24. The van der Waals surface area contributed by atoms with Crippen LogP contribution in [0.25, 0.3) is 0 Å². The lowest BCUT2D eigenvalue weighted by molar-refractivity contribution is -0.144. The highest BCUT2D eigenvalue weighted by atomic mass is 32.1. The van der Waals surface area contributed by atoms with E-state index in [0.717, 1.165) is 0 Å². The molecule has 0 unspecified atom stereocenters. The van der Waals surface area contributed by atoms with Crippen molar-refractivity contribution in [3.63, 3.8) is 0 Å². The van der Waals surface area contributed by atoms with E-state index in [1.54, 1.807) is 30.3 Å². The van der Waals surface area contributed by atoms with Gasteiger partial charge in [-0.1, -0.05) is 6.07 Å². The highest BCUT2D eigenvalue weighted by molar-refractivity contribution is 7.12. The van der Waals surface area contributed by atoms with Gasteiger partial charge in [0.25, 0.3) is 0 Å². The summed E-state index contributed by atoms with van der Waals surface area (Å²) in [6.07, 6.45) is 0.198. The van der Waals surface area contributed by atoms with E-state index in [0.29, 0.717) is 21.8 Å². The lowest BCUT2D eigenvalue weighted by atomic mass is 10.1. The summed E-state index contributed by atoms with van der Waals surface area (Å²) in [7, 11) is 1.49. The van der Waals surface area contributed by atoms with Crippen LogP contribution in [0.15, 0.2) is 35.7 Å². The molecule has 0 saturated carbocycles. The summed E-state index contributed by atoms with van der Waals surface area (Å²) < 4.78 is 10.4. The van der Waals surface area contributed by atoms with Gasteiger partial charge in [0.2, 0.25) is 5.91 Å². The fourth-order valence-corrected chi connectivity index (χ4v) is 3.22. The molecule has 0 bridgehead atoms. The summed E-state index contributed by atoms with van der Waals surface area (Å²) in [6, 6.07) is 8.43. The summed E-state index contributed by atoms with van der Waals surface area (Å²) >= 11 is 1.34. The van der Waals surface area contributed by atoms with Crippen LogP contribution in [0, 0.1) is 0 Å². The van der Waals surface area contributed by atoms with Gasteiger partial charge in [-0.3, -0.25) is 19.2 Å². The average Bonchev–Trinajstić information content (AvgIpc) is 3.25. The highest BCUT2D eigenvalue weighted by Gasteiger charge is 2.12. The van der Waals surface area contributed by atoms with E-state index in [4.69, 9.17) is 9.47 Å². The third-order valence-corrected chi connectivity index (χ3v) is 5.01. The van der Waals surface area contributed by atoms with Crippen LogP contribution in [0.2, 0.25) is 0 Å². The number of methoxy groups -OCH3 is 1. The summed E-state index contributed by atoms with van der Waals surface area (Å²) in [4.78, 5) is 47.7. The molecule has 0 atom stereocenters. The molecule has 29 heavy (non-hydrogen) atoms. The number of carbonyl (C=O) groups excluding carboxylic acids is 4. The van der Waals surface area contributed by atoms with E-state index in [1.165, 1.54) is 25.4 Å². The minimum atomic E-state index is -0.491. The van der Waals surface area contributed by atoms with Gasteiger partial charge < -0.3 is 14.8 Å². The molecule has 7 nitrogen and oxygen atoms in total. The van der Waals surface area contributed by atoms with Crippen molar-refractivity contribution in [1.29, 1.82) is 0 Å². The number of benzene rings is 1. The Hall–Kier alpha value is -3.00. The summed E-state index contributed by atoms with van der Waals surface area (Å²) in [5.74, 6) is -0.433. The number of Topliss-reactive ketones (excluding diaryl/α,β-unsaturated/α-hetero) is 2. The van der Waals surface area contributed by atoms with Crippen LogP contribution in [0.5, 0.6) is 5.75 Å². The molecule has 1 N–H and O–H groups in total. The van der Waals surface area contributed by atoms with Gasteiger partial charge in [-0.05, 0) is 36.6 Å². The second kappa shape index (κ2) is 11.1. The van der Waals surface area contributed by atoms with Crippen molar-refractivity contribution in [3.8, 4) is 5.75 Å². The molecule has 2 aromatic rings. The maximum Gasteiger partial charge on any atom is 0.307 e. The Bertz CT molecular complexity index is 875. The molecule has 8 heteroatoms. The Balaban J connectivity index is 1.70. The number of thiophene rings is 1. The first-order valence-electron chi connectivity index (χ1n) is 9.07. The molecule has 0 radical (unpaired) electrons. The molecule has 0 aliphatic rings. The number of carbonyl (C=O) groups is 4. The van der Waals surface area contributed by atoms with E-state index in [-0.39, 0.29) is 49.9 Å². The third kappa shape index (κ3) is 7.15. The zero-order chi connectivity index (χ0) is 21.2. The Morgan fingerprint density at radius 1 is 1.07 bits per heavy atom. The molecular formula is C21H23NO6S. The monoisotopic (exact) mass is 417 g/mol. The van der Waals surface area contributed by atoms with E-state index in [2.05, 4.69) is 5.32 Å². The van der Waals surface area contributed by atoms with Crippen molar-refractivity contribution in [2.24, 2.45) is 0 Å². The molecule has 1 heterocycles. The van der Waals surface area contributed by atoms with E-state index >= 15 is 0 Å². The number of amides is 1. The lowest BCUT2D eigenvalue weighted by Gasteiger charge is -2.11. The standard InChI is InChI=1S/C21H23NO6S/c1-14(23)15-5-7-18(27-2)16(12-15)13-28-21(26)9-10-22-20(25)8-6-17(24)19-4-3-11-29-19/h3-5,7,11-12H,6,8-10,13H2,1-2H3,(H,22,25). The van der Waals surface area contributed by atoms with E-state index < -0.39 is 5.97 Å². The van der Waals surface area contributed by atoms with Crippen molar-refractivity contribution < 1.29 is 28.7 Å². The molecule has 0 aliphatic carbocycles. The molecule has 1 aromatic carbocycles. The van der Waals surface area contributed by atoms with Crippen molar-refractivity contribution in [2.75, 3.05) is 13.7 Å². The Kier molecular flexibility index (Phi) is 8.54. The van der Waals surface area contributed by atoms with Crippen LogP contribution in [-0.2, 0) is 20.9 Å². The van der Waals surface area contributed by atoms with E-state index in [1.807, 2.05) is 5.38 Å². The van der Waals surface area contributed by atoms with Crippen LogP contribution >= 0.6 is 11.3 Å². The third-order valence-electron chi connectivity index (χ3n) is 4.10. The molecule has 0 spiro atoms. The molecule has 0 aliphatic heterocycles. The van der Waals surface area contributed by atoms with Crippen molar-refractivity contribution in [3.05, 3.63) is 51.7 Å². The van der Waals surface area contributed by atoms with Gasteiger partial charge in [0, 0.05) is 30.5 Å². The smallest absolute Gasteiger partial charge is 0.307 e. The minimum Gasteiger partial charge on any atom is -0.496 e. The number of ether oxygens (including phenoxy) is 2.